The minimum absolute atomic E-state index is 0.0151. The van der Waals surface area contributed by atoms with Gasteiger partial charge < -0.3 is 5.73 Å². The van der Waals surface area contributed by atoms with E-state index < -0.39 is 10.0 Å². The van der Waals surface area contributed by atoms with Gasteiger partial charge in [-0.1, -0.05) is 6.92 Å². The number of rotatable bonds is 3. The molecule has 0 bridgehead atoms. The Kier molecular flexibility index (Phi) is 3.59. The molecule has 0 aromatic carbocycles. The minimum atomic E-state index is -3.58. The van der Waals surface area contributed by atoms with Crippen LogP contribution in [0.1, 0.15) is 33.1 Å². The van der Waals surface area contributed by atoms with Crippen LogP contribution in [0.15, 0.2) is 23.4 Å². The summed E-state index contributed by atoms with van der Waals surface area (Å²) in [4.78, 5) is 3.94. The quantitative estimate of drug-likeness (QED) is 0.904. The van der Waals surface area contributed by atoms with Crippen molar-refractivity contribution in [2.24, 2.45) is 0 Å². The van der Waals surface area contributed by atoms with Gasteiger partial charge in [-0.25, -0.2) is 13.4 Å². The minimum Gasteiger partial charge on any atom is -0.396 e. The van der Waals surface area contributed by atoms with Crippen LogP contribution in [0.3, 0.4) is 0 Å². The third kappa shape index (κ3) is 2.10. The Hall–Kier alpha value is -1.14. The molecule has 2 rings (SSSR count). The first-order chi connectivity index (χ1) is 8.48. The molecule has 0 radical (unpaired) electrons. The van der Waals surface area contributed by atoms with Crippen molar-refractivity contribution >= 4 is 15.7 Å². The summed E-state index contributed by atoms with van der Waals surface area (Å²) in [5, 5.41) is -0.0165. The molecule has 0 amide bonds. The number of nitrogens with zero attached hydrogens (tertiary/aromatic N) is 2. The van der Waals surface area contributed by atoms with Crippen molar-refractivity contribution in [2.75, 3.05) is 5.73 Å². The van der Waals surface area contributed by atoms with Gasteiger partial charge in [-0.05, 0) is 38.3 Å². The molecular weight excluding hydrogens is 250 g/mol. The normalized spacial score (nSPS) is 25.4. The van der Waals surface area contributed by atoms with E-state index in [9.17, 15) is 8.42 Å². The van der Waals surface area contributed by atoms with E-state index >= 15 is 0 Å². The molecule has 0 aliphatic carbocycles. The molecule has 1 aromatic heterocycles. The standard InChI is InChI=1S/C12H19N3O2S/c1-3-10-7-6-9(2)15(10)18(16,17)12-11(13)5-4-8-14-12/h4-5,8-10H,3,6-7,13H2,1-2H3. The van der Waals surface area contributed by atoms with E-state index in [0.717, 1.165) is 19.3 Å². The summed E-state index contributed by atoms with van der Waals surface area (Å²) < 4.78 is 26.8. The van der Waals surface area contributed by atoms with Gasteiger partial charge in [0.2, 0.25) is 0 Å². The Morgan fingerprint density at radius 3 is 2.83 bits per heavy atom. The van der Waals surface area contributed by atoms with E-state index in [1.807, 2.05) is 13.8 Å². The molecule has 2 heterocycles. The molecule has 1 aromatic rings. The Morgan fingerprint density at radius 2 is 2.22 bits per heavy atom. The smallest absolute Gasteiger partial charge is 0.263 e. The van der Waals surface area contributed by atoms with E-state index in [2.05, 4.69) is 4.98 Å². The van der Waals surface area contributed by atoms with Gasteiger partial charge in [0.25, 0.3) is 10.0 Å². The van der Waals surface area contributed by atoms with Crippen LogP contribution in [0.4, 0.5) is 5.69 Å². The van der Waals surface area contributed by atoms with Crippen LogP contribution in [-0.2, 0) is 10.0 Å². The van der Waals surface area contributed by atoms with E-state index in [4.69, 9.17) is 5.73 Å². The van der Waals surface area contributed by atoms with Crippen molar-refractivity contribution < 1.29 is 8.42 Å². The van der Waals surface area contributed by atoms with Gasteiger partial charge in [-0.15, -0.1) is 0 Å². The zero-order valence-corrected chi connectivity index (χ0v) is 11.5. The highest BCUT2D eigenvalue weighted by Crippen LogP contribution is 2.33. The fourth-order valence-corrected chi connectivity index (χ4v) is 4.57. The van der Waals surface area contributed by atoms with E-state index in [-0.39, 0.29) is 22.8 Å². The number of anilines is 1. The van der Waals surface area contributed by atoms with Gasteiger partial charge in [0.15, 0.2) is 5.03 Å². The molecule has 18 heavy (non-hydrogen) atoms. The van der Waals surface area contributed by atoms with Gasteiger partial charge in [0, 0.05) is 18.3 Å². The number of nitrogens with two attached hydrogens (primary N) is 1. The molecule has 100 valence electrons. The summed E-state index contributed by atoms with van der Waals surface area (Å²) in [6.45, 7) is 3.94. The Bertz CT molecular complexity index is 530. The molecule has 5 nitrogen and oxygen atoms in total. The molecule has 1 fully saturated rings. The first kappa shape index (κ1) is 13.3. The Balaban J connectivity index is 2.46. The zero-order valence-electron chi connectivity index (χ0n) is 10.7. The molecule has 0 saturated carbocycles. The number of pyridine rings is 1. The number of sulfonamides is 1. The van der Waals surface area contributed by atoms with Gasteiger partial charge in [0.05, 0.1) is 5.69 Å². The molecule has 2 atom stereocenters. The highest BCUT2D eigenvalue weighted by Gasteiger charge is 2.40. The third-order valence-electron chi connectivity index (χ3n) is 3.51. The molecule has 6 heteroatoms. The van der Waals surface area contributed by atoms with Crippen LogP contribution in [0.25, 0.3) is 0 Å². The SMILES string of the molecule is CCC1CCC(C)N1S(=O)(=O)c1ncccc1N. The molecule has 2 unspecified atom stereocenters. The molecule has 1 aliphatic rings. The summed E-state index contributed by atoms with van der Waals surface area (Å²) >= 11 is 0. The van der Waals surface area contributed by atoms with Gasteiger partial charge >= 0.3 is 0 Å². The lowest BCUT2D eigenvalue weighted by atomic mass is 10.2. The zero-order chi connectivity index (χ0) is 13.3. The van der Waals surface area contributed by atoms with Crippen LogP contribution < -0.4 is 5.73 Å². The lowest BCUT2D eigenvalue weighted by Gasteiger charge is -2.26. The van der Waals surface area contributed by atoms with Gasteiger partial charge in [-0.3, -0.25) is 0 Å². The van der Waals surface area contributed by atoms with Crippen molar-refractivity contribution in [3.05, 3.63) is 18.3 Å². The van der Waals surface area contributed by atoms with E-state index in [1.54, 1.807) is 16.4 Å². The van der Waals surface area contributed by atoms with Crippen LogP contribution in [0.2, 0.25) is 0 Å². The molecule has 1 aliphatic heterocycles. The predicted molar refractivity (Wildman–Crippen MR) is 70.4 cm³/mol. The van der Waals surface area contributed by atoms with Crippen molar-refractivity contribution in [2.45, 2.75) is 50.2 Å². The maximum Gasteiger partial charge on any atom is 0.263 e. The molecular formula is C12H19N3O2S. The van der Waals surface area contributed by atoms with Crippen LogP contribution in [0.5, 0.6) is 0 Å². The van der Waals surface area contributed by atoms with E-state index in [1.165, 1.54) is 6.20 Å². The number of hydrogen-bond acceptors (Lipinski definition) is 4. The van der Waals surface area contributed by atoms with Crippen molar-refractivity contribution in [3.63, 3.8) is 0 Å². The van der Waals surface area contributed by atoms with Crippen molar-refractivity contribution in [1.29, 1.82) is 0 Å². The number of hydrogen-bond donors (Lipinski definition) is 1. The second-order valence-electron chi connectivity index (χ2n) is 4.72. The van der Waals surface area contributed by atoms with Gasteiger partial charge in [0.1, 0.15) is 0 Å². The highest BCUT2D eigenvalue weighted by atomic mass is 32.2. The second-order valence-corrected chi connectivity index (χ2v) is 6.48. The second kappa shape index (κ2) is 4.85. The largest absolute Gasteiger partial charge is 0.396 e. The topological polar surface area (TPSA) is 76.3 Å². The summed E-state index contributed by atoms with van der Waals surface area (Å²) in [7, 11) is -3.58. The van der Waals surface area contributed by atoms with E-state index in [0.29, 0.717) is 0 Å². The summed E-state index contributed by atoms with van der Waals surface area (Å²) in [6, 6.07) is 3.29. The fourth-order valence-electron chi connectivity index (χ4n) is 2.58. The summed E-state index contributed by atoms with van der Waals surface area (Å²) in [5.41, 5.74) is 5.95. The Morgan fingerprint density at radius 1 is 1.50 bits per heavy atom. The maximum absolute atomic E-state index is 12.6. The maximum atomic E-state index is 12.6. The van der Waals surface area contributed by atoms with Crippen LogP contribution >= 0.6 is 0 Å². The molecule has 2 N–H and O–H groups in total. The summed E-state index contributed by atoms with van der Waals surface area (Å²) in [5.74, 6) is 0. The van der Waals surface area contributed by atoms with Crippen molar-refractivity contribution in [1.82, 2.24) is 9.29 Å². The monoisotopic (exact) mass is 269 g/mol. The Labute approximate surface area is 108 Å². The first-order valence-electron chi connectivity index (χ1n) is 6.22. The molecule has 0 spiro atoms. The highest BCUT2D eigenvalue weighted by molar-refractivity contribution is 7.89. The third-order valence-corrected chi connectivity index (χ3v) is 5.55. The fraction of sp³-hybridized carbons (Fsp3) is 0.583. The van der Waals surface area contributed by atoms with Gasteiger partial charge in [-0.2, -0.15) is 4.31 Å². The van der Waals surface area contributed by atoms with Crippen molar-refractivity contribution in [3.8, 4) is 0 Å². The lowest BCUT2D eigenvalue weighted by Crippen LogP contribution is -2.40. The number of nitrogen functional groups attached to an aromatic ring is 1. The lowest BCUT2D eigenvalue weighted by molar-refractivity contribution is 0.328. The molecule has 1 saturated heterocycles. The first-order valence-corrected chi connectivity index (χ1v) is 7.66. The van der Waals surface area contributed by atoms with Crippen LogP contribution in [-0.4, -0.2) is 29.8 Å². The average molecular weight is 269 g/mol. The average Bonchev–Trinajstić information content (AvgIpc) is 2.71. The summed E-state index contributed by atoms with van der Waals surface area (Å²) in [6.07, 6.45) is 4.08. The van der Waals surface area contributed by atoms with Crippen LogP contribution in [0, 0.1) is 0 Å². The number of aromatic nitrogens is 1. The predicted octanol–water partition coefficient (Wildman–Crippen LogP) is 1.62.